The maximum absolute atomic E-state index is 12.6. The lowest BCUT2D eigenvalue weighted by atomic mass is 10.3. The number of methoxy groups -OCH3 is 1. The molecule has 23 heavy (non-hydrogen) atoms. The Kier molecular flexibility index (Phi) is 4.72. The fourth-order valence-electron chi connectivity index (χ4n) is 1.96. The number of rotatable bonds is 5. The van der Waals surface area contributed by atoms with Crippen molar-refractivity contribution in [1.29, 1.82) is 0 Å². The highest BCUT2D eigenvalue weighted by molar-refractivity contribution is 5.99. The molecule has 0 aliphatic rings. The molecular formula is C13H15F2N5O3. The molecule has 0 saturated heterocycles. The van der Waals surface area contributed by atoms with Crippen LogP contribution in [0.25, 0.3) is 0 Å². The average molecular weight is 327 g/mol. The average Bonchev–Trinajstić information content (AvgIpc) is 3.02. The van der Waals surface area contributed by atoms with Crippen LogP contribution in [0.2, 0.25) is 0 Å². The van der Waals surface area contributed by atoms with Crippen LogP contribution in [0.15, 0.2) is 12.3 Å². The van der Waals surface area contributed by atoms with E-state index in [9.17, 15) is 18.4 Å². The summed E-state index contributed by atoms with van der Waals surface area (Å²) in [6.45, 7) is 1.30. The van der Waals surface area contributed by atoms with Crippen molar-refractivity contribution in [3.63, 3.8) is 0 Å². The standard InChI is InChI=1S/C13H15F2N5O3/c1-7-4-8(12(14)15)17-20(7)6-10(21)16-9-5-19(2)18-11(9)13(22)23-3/h4-5,12H,6H2,1-3H3,(H,16,21). The molecule has 8 nitrogen and oxygen atoms in total. The Morgan fingerprint density at radius 3 is 2.65 bits per heavy atom. The van der Waals surface area contributed by atoms with Crippen molar-refractivity contribution < 1.29 is 23.1 Å². The van der Waals surface area contributed by atoms with Crippen LogP contribution in [0.5, 0.6) is 0 Å². The summed E-state index contributed by atoms with van der Waals surface area (Å²) in [4.78, 5) is 23.6. The van der Waals surface area contributed by atoms with Crippen LogP contribution in [-0.2, 0) is 23.1 Å². The Labute approximate surface area is 130 Å². The van der Waals surface area contributed by atoms with Gasteiger partial charge in [0.05, 0.1) is 12.8 Å². The van der Waals surface area contributed by atoms with E-state index in [2.05, 4.69) is 20.3 Å². The number of nitrogens with one attached hydrogen (secondary N) is 1. The largest absolute Gasteiger partial charge is 0.464 e. The molecule has 0 unspecified atom stereocenters. The second-order valence-electron chi connectivity index (χ2n) is 4.77. The van der Waals surface area contributed by atoms with Crippen LogP contribution in [0.3, 0.4) is 0 Å². The number of esters is 1. The van der Waals surface area contributed by atoms with Gasteiger partial charge >= 0.3 is 5.97 Å². The number of hydrogen-bond acceptors (Lipinski definition) is 5. The number of anilines is 1. The number of carbonyl (C=O) groups excluding carboxylic acids is 2. The van der Waals surface area contributed by atoms with Crippen LogP contribution in [0.4, 0.5) is 14.5 Å². The van der Waals surface area contributed by atoms with Crippen molar-refractivity contribution >= 4 is 17.6 Å². The van der Waals surface area contributed by atoms with Crippen molar-refractivity contribution in [3.8, 4) is 0 Å². The maximum Gasteiger partial charge on any atom is 0.360 e. The highest BCUT2D eigenvalue weighted by Crippen LogP contribution is 2.18. The minimum absolute atomic E-state index is 0.0474. The summed E-state index contributed by atoms with van der Waals surface area (Å²) in [5.74, 6) is -1.23. The fourth-order valence-corrected chi connectivity index (χ4v) is 1.96. The van der Waals surface area contributed by atoms with Crippen molar-refractivity contribution in [3.05, 3.63) is 29.3 Å². The zero-order chi connectivity index (χ0) is 17.1. The number of halogens is 2. The first-order valence-corrected chi connectivity index (χ1v) is 6.56. The van der Waals surface area contributed by atoms with Crippen LogP contribution in [0, 0.1) is 6.92 Å². The van der Waals surface area contributed by atoms with Gasteiger partial charge in [0, 0.05) is 18.9 Å². The molecular weight excluding hydrogens is 312 g/mol. The van der Waals surface area contributed by atoms with Gasteiger partial charge in [-0.05, 0) is 13.0 Å². The van der Waals surface area contributed by atoms with E-state index in [1.165, 1.54) is 24.1 Å². The number of alkyl halides is 2. The first kappa shape index (κ1) is 16.6. The third kappa shape index (κ3) is 3.71. The van der Waals surface area contributed by atoms with Gasteiger partial charge in [0.1, 0.15) is 12.2 Å². The monoisotopic (exact) mass is 327 g/mol. The Bertz CT molecular complexity index is 738. The van der Waals surface area contributed by atoms with Gasteiger partial charge in [-0.1, -0.05) is 0 Å². The highest BCUT2D eigenvalue weighted by Gasteiger charge is 2.20. The third-order valence-electron chi connectivity index (χ3n) is 3.00. The second kappa shape index (κ2) is 6.55. The van der Waals surface area contributed by atoms with Gasteiger partial charge < -0.3 is 10.1 Å². The number of carbonyl (C=O) groups is 2. The molecule has 0 fully saturated rings. The zero-order valence-corrected chi connectivity index (χ0v) is 12.7. The van der Waals surface area contributed by atoms with E-state index in [0.29, 0.717) is 5.69 Å². The van der Waals surface area contributed by atoms with Gasteiger partial charge in [-0.25, -0.2) is 13.6 Å². The topological polar surface area (TPSA) is 91.0 Å². The molecule has 2 rings (SSSR count). The lowest BCUT2D eigenvalue weighted by molar-refractivity contribution is -0.117. The summed E-state index contributed by atoms with van der Waals surface area (Å²) < 4.78 is 32.3. The smallest absolute Gasteiger partial charge is 0.360 e. The van der Waals surface area contributed by atoms with E-state index in [-0.39, 0.29) is 17.9 Å². The predicted octanol–water partition coefficient (Wildman–Crippen LogP) is 1.29. The van der Waals surface area contributed by atoms with Crippen LogP contribution in [0.1, 0.15) is 28.3 Å². The van der Waals surface area contributed by atoms with Crippen LogP contribution < -0.4 is 5.32 Å². The van der Waals surface area contributed by atoms with Crippen molar-refractivity contribution in [2.45, 2.75) is 19.9 Å². The van der Waals surface area contributed by atoms with Gasteiger partial charge in [-0.3, -0.25) is 14.2 Å². The molecule has 0 atom stereocenters. The summed E-state index contributed by atoms with van der Waals surface area (Å²) >= 11 is 0. The number of aromatic nitrogens is 4. The molecule has 2 heterocycles. The van der Waals surface area contributed by atoms with Gasteiger partial charge in [0.2, 0.25) is 5.91 Å². The second-order valence-corrected chi connectivity index (χ2v) is 4.77. The van der Waals surface area contributed by atoms with Crippen LogP contribution in [-0.4, -0.2) is 38.5 Å². The minimum atomic E-state index is -2.71. The molecule has 2 aromatic heterocycles. The van der Waals surface area contributed by atoms with Crippen molar-refractivity contribution in [2.24, 2.45) is 7.05 Å². The molecule has 2 aromatic rings. The zero-order valence-electron chi connectivity index (χ0n) is 12.7. The molecule has 0 radical (unpaired) electrons. The van der Waals surface area contributed by atoms with Gasteiger partial charge in [-0.2, -0.15) is 10.2 Å². The lowest BCUT2D eigenvalue weighted by Crippen LogP contribution is -2.21. The lowest BCUT2D eigenvalue weighted by Gasteiger charge is -2.06. The first-order valence-electron chi connectivity index (χ1n) is 6.56. The van der Waals surface area contributed by atoms with Crippen molar-refractivity contribution in [2.75, 3.05) is 12.4 Å². The molecule has 1 amide bonds. The summed E-state index contributed by atoms with van der Waals surface area (Å²) in [6.07, 6.45) is -1.27. The van der Waals surface area contributed by atoms with Gasteiger partial charge in [0.25, 0.3) is 6.43 Å². The molecule has 1 N–H and O–H groups in total. The molecule has 0 aromatic carbocycles. The first-order chi connectivity index (χ1) is 10.8. The Balaban J connectivity index is 2.13. The van der Waals surface area contributed by atoms with E-state index >= 15 is 0 Å². The Morgan fingerprint density at radius 2 is 2.09 bits per heavy atom. The summed E-state index contributed by atoms with van der Waals surface area (Å²) in [6, 6.07) is 1.21. The molecule has 0 aliphatic heterocycles. The Morgan fingerprint density at radius 1 is 1.39 bits per heavy atom. The highest BCUT2D eigenvalue weighted by atomic mass is 19.3. The molecule has 0 spiro atoms. The minimum Gasteiger partial charge on any atom is -0.464 e. The van der Waals surface area contributed by atoms with E-state index in [4.69, 9.17) is 0 Å². The number of nitrogens with zero attached hydrogens (tertiary/aromatic N) is 4. The third-order valence-corrected chi connectivity index (χ3v) is 3.00. The number of aryl methyl sites for hydroxylation is 2. The SMILES string of the molecule is COC(=O)c1nn(C)cc1NC(=O)Cn1nc(C(F)F)cc1C. The number of hydrogen-bond donors (Lipinski definition) is 1. The van der Waals surface area contributed by atoms with Crippen molar-refractivity contribution in [1.82, 2.24) is 19.6 Å². The molecule has 124 valence electrons. The Hall–Kier alpha value is -2.78. The van der Waals surface area contributed by atoms with E-state index < -0.39 is 24.0 Å². The number of amides is 1. The maximum atomic E-state index is 12.6. The van der Waals surface area contributed by atoms with Gasteiger partial charge in [0.15, 0.2) is 5.69 Å². The predicted molar refractivity (Wildman–Crippen MR) is 75.1 cm³/mol. The normalized spacial score (nSPS) is 10.9. The fraction of sp³-hybridized carbons (Fsp3) is 0.385. The van der Waals surface area contributed by atoms with E-state index in [1.54, 1.807) is 14.0 Å². The molecule has 10 heteroatoms. The van der Waals surface area contributed by atoms with E-state index in [1.807, 2.05) is 0 Å². The van der Waals surface area contributed by atoms with Crippen LogP contribution >= 0.6 is 0 Å². The number of ether oxygens (including phenoxy) is 1. The summed E-state index contributed by atoms with van der Waals surface area (Å²) in [7, 11) is 2.77. The summed E-state index contributed by atoms with van der Waals surface area (Å²) in [5.41, 5.74) is 0.152. The van der Waals surface area contributed by atoms with Gasteiger partial charge in [-0.15, -0.1) is 0 Å². The molecule has 0 aliphatic carbocycles. The molecule has 0 saturated carbocycles. The summed E-state index contributed by atoms with van der Waals surface area (Å²) in [5, 5.41) is 10.0. The van der Waals surface area contributed by atoms with E-state index in [0.717, 1.165) is 4.68 Å². The molecule has 0 bridgehead atoms. The quantitative estimate of drug-likeness (QED) is 0.836.